The highest BCUT2D eigenvalue weighted by Crippen LogP contribution is 2.43. The lowest BCUT2D eigenvalue weighted by Crippen LogP contribution is -2.37. The van der Waals surface area contributed by atoms with Crippen molar-refractivity contribution in [3.05, 3.63) is 35.9 Å². The number of hydrogen-bond donors (Lipinski definition) is 0. The summed E-state index contributed by atoms with van der Waals surface area (Å²) in [7, 11) is 0. The molecule has 1 aromatic carbocycles. The maximum atomic E-state index is 5.69. The Morgan fingerprint density at radius 3 is 2.93 bits per heavy atom. The number of fused-ring (bicyclic) bond motifs is 1. The zero-order valence-corrected chi connectivity index (χ0v) is 9.15. The molecule has 0 saturated carbocycles. The molecule has 2 heteroatoms. The van der Waals surface area contributed by atoms with Crippen molar-refractivity contribution >= 4 is 0 Å². The molecule has 0 amide bonds. The lowest BCUT2D eigenvalue weighted by molar-refractivity contribution is 0.223. The van der Waals surface area contributed by atoms with Gasteiger partial charge in [-0.1, -0.05) is 30.3 Å². The van der Waals surface area contributed by atoms with Gasteiger partial charge in [0.15, 0.2) is 0 Å². The summed E-state index contributed by atoms with van der Waals surface area (Å²) in [4.78, 5) is 2.49. The minimum Gasteiger partial charge on any atom is -0.365 e. The van der Waals surface area contributed by atoms with Gasteiger partial charge < -0.3 is 4.74 Å². The van der Waals surface area contributed by atoms with Crippen molar-refractivity contribution in [2.24, 2.45) is 0 Å². The van der Waals surface area contributed by atoms with E-state index in [1.807, 2.05) is 0 Å². The van der Waals surface area contributed by atoms with Gasteiger partial charge in [0.2, 0.25) is 0 Å². The van der Waals surface area contributed by atoms with Gasteiger partial charge in [-0.3, -0.25) is 4.90 Å². The van der Waals surface area contributed by atoms with Gasteiger partial charge in [-0.25, -0.2) is 0 Å². The van der Waals surface area contributed by atoms with Gasteiger partial charge >= 0.3 is 0 Å². The van der Waals surface area contributed by atoms with Gasteiger partial charge in [0, 0.05) is 19.6 Å². The van der Waals surface area contributed by atoms with Crippen LogP contribution in [0.15, 0.2) is 30.3 Å². The average molecular weight is 203 g/mol. The standard InChI is InChI=1S/C13H17NO/c1-13-7-8-14(10-12(13)15-13)9-11-5-3-2-4-6-11/h2-6,12H,7-10H2,1H3. The zero-order chi connectivity index (χ0) is 10.3. The third-order valence-electron chi connectivity index (χ3n) is 3.63. The molecule has 0 radical (unpaired) electrons. The number of likely N-dealkylation sites (tertiary alicyclic amines) is 1. The fraction of sp³-hybridized carbons (Fsp3) is 0.538. The topological polar surface area (TPSA) is 15.8 Å². The van der Waals surface area contributed by atoms with Crippen LogP contribution in [0.25, 0.3) is 0 Å². The molecule has 1 aromatic rings. The smallest absolute Gasteiger partial charge is 0.0997 e. The molecule has 2 saturated heterocycles. The van der Waals surface area contributed by atoms with Gasteiger partial charge in [0.05, 0.1) is 11.7 Å². The van der Waals surface area contributed by atoms with Gasteiger partial charge in [0.25, 0.3) is 0 Å². The van der Waals surface area contributed by atoms with E-state index in [1.54, 1.807) is 0 Å². The van der Waals surface area contributed by atoms with Gasteiger partial charge in [-0.2, -0.15) is 0 Å². The second kappa shape index (κ2) is 3.32. The summed E-state index contributed by atoms with van der Waals surface area (Å²) in [6, 6.07) is 10.7. The normalized spacial score (nSPS) is 34.9. The minimum absolute atomic E-state index is 0.229. The van der Waals surface area contributed by atoms with E-state index < -0.39 is 0 Å². The Balaban J connectivity index is 1.61. The number of ether oxygens (including phenoxy) is 1. The van der Waals surface area contributed by atoms with Crippen molar-refractivity contribution in [3.63, 3.8) is 0 Å². The summed E-state index contributed by atoms with van der Waals surface area (Å²) in [5.74, 6) is 0. The highest BCUT2D eigenvalue weighted by molar-refractivity contribution is 5.15. The summed E-state index contributed by atoms with van der Waals surface area (Å²) in [6.07, 6.45) is 1.68. The molecule has 0 bridgehead atoms. The molecule has 2 aliphatic heterocycles. The Morgan fingerprint density at radius 2 is 2.20 bits per heavy atom. The van der Waals surface area contributed by atoms with Crippen LogP contribution >= 0.6 is 0 Å². The molecule has 2 fully saturated rings. The van der Waals surface area contributed by atoms with Gasteiger partial charge in [-0.05, 0) is 18.9 Å². The van der Waals surface area contributed by atoms with Crippen LogP contribution in [0.3, 0.4) is 0 Å². The lowest BCUT2D eigenvalue weighted by Gasteiger charge is -2.26. The molecule has 0 aromatic heterocycles. The van der Waals surface area contributed by atoms with Crippen LogP contribution in [0.1, 0.15) is 18.9 Å². The van der Waals surface area contributed by atoms with E-state index in [0.29, 0.717) is 6.10 Å². The number of rotatable bonds is 2. The monoisotopic (exact) mass is 203 g/mol. The molecule has 15 heavy (non-hydrogen) atoms. The zero-order valence-electron chi connectivity index (χ0n) is 9.15. The summed E-state index contributed by atoms with van der Waals surface area (Å²) < 4.78 is 5.69. The predicted octanol–water partition coefficient (Wildman–Crippen LogP) is 2.05. The van der Waals surface area contributed by atoms with Crippen molar-refractivity contribution in [1.82, 2.24) is 4.90 Å². The molecular weight excluding hydrogens is 186 g/mol. The van der Waals surface area contributed by atoms with Crippen LogP contribution in [-0.4, -0.2) is 29.7 Å². The SMILES string of the molecule is CC12CCN(Cc3ccccc3)CC1O2. The number of nitrogens with zero attached hydrogens (tertiary/aromatic N) is 1. The summed E-state index contributed by atoms with van der Waals surface area (Å²) in [6.45, 7) is 5.57. The van der Waals surface area contributed by atoms with Crippen molar-refractivity contribution in [3.8, 4) is 0 Å². The first-order chi connectivity index (χ1) is 7.26. The third kappa shape index (κ3) is 1.80. The van der Waals surface area contributed by atoms with E-state index in [2.05, 4.69) is 42.2 Å². The fourth-order valence-corrected chi connectivity index (χ4v) is 2.43. The minimum atomic E-state index is 0.229. The van der Waals surface area contributed by atoms with Crippen molar-refractivity contribution in [2.75, 3.05) is 13.1 Å². The fourth-order valence-electron chi connectivity index (χ4n) is 2.43. The third-order valence-corrected chi connectivity index (χ3v) is 3.63. The van der Waals surface area contributed by atoms with E-state index in [4.69, 9.17) is 4.74 Å². The van der Waals surface area contributed by atoms with Gasteiger partial charge in [0.1, 0.15) is 0 Å². The highest BCUT2D eigenvalue weighted by atomic mass is 16.6. The number of hydrogen-bond acceptors (Lipinski definition) is 2. The van der Waals surface area contributed by atoms with Crippen molar-refractivity contribution in [2.45, 2.75) is 31.6 Å². The number of benzene rings is 1. The van der Waals surface area contributed by atoms with E-state index in [0.717, 1.165) is 13.1 Å². The second-order valence-electron chi connectivity index (χ2n) is 4.89. The first-order valence-electron chi connectivity index (χ1n) is 5.70. The molecule has 80 valence electrons. The summed E-state index contributed by atoms with van der Waals surface area (Å²) >= 11 is 0. The van der Waals surface area contributed by atoms with Crippen molar-refractivity contribution < 1.29 is 4.74 Å². The average Bonchev–Trinajstić information content (AvgIpc) is 2.91. The largest absolute Gasteiger partial charge is 0.365 e. The first-order valence-corrected chi connectivity index (χ1v) is 5.70. The molecular formula is C13H17NO. The van der Waals surface area contributed by atoms with Crippen LogP contribution in [0, 0.1) is 0 Å². The molecule has 0 spiro atoms. The Kier molecular flexibility index (Phi) is 2.08. The Labute approximate surface area is 90.8 Å². The summed E-state index contributed by atoms with van der Waals surface area (Å²) in [5, 5.41) is 0. The Hall–Kier alpha value is -0.860. The maximum absolute atomic E-state index is 5.69. The molecule has 3 rings (SSSR count). The molecule has 2 heterocycles. The molecule has 2 nitrogen and oxygen atoms in total. The Bertz CT molecular complexity index is 351. The lowest BCUT2D eigenvalue weighted by atomic mass is 9.98. The van der Waals surface area contributed by atoms with Gasteiger partial charge in [-0.15, -0.1) is 0 Å². The predicted molar refractivity (Wildman–Crippen MR) is 59.6 cm³/mol. The number of piperidine rings is 1. The van der Waals surface area contributed by atoms with Crippen LogP contribution in [0.4, 0.5) is 0 Å². The van der Waals surface area contributed by atoms with E-state index in [-0.39, 0.29) is 5.60 Å². The molecule has 2 atom stereocenters. The highest BCUT2D eigenvalue weighted by Gasteiger charge is 2.54. The Morgan fingerprint density at radius 1 is 1.40 bits per heavy atom. The van der Waals surface area contributed by atoms with Crippen molar-refractivity contribution in [1.29, 1.82) is 0 Å². The molecule has 0 aliphatic carbocycles. The van der Waals surface area contributed by atoms with Crippen LogP contribution in [0.5, 0.6) is 0 Å². The van der Waals surface area contributed by atoms with E-state index in [9.17, 15) is 0 Å². The second-order valence-corrected chi connectivity index (χ2v) is 4.89. The summed E-state index contributed by atoms with van der Waals surface area (Å²) in [5.41, 5.74) is 1.63. The molecule has 0 N–H and O–H groups in total. The quantitative estimate of drug-likeness (QED) is 0.684. The van der Waals surface area contributed by atoms with Crippen LogP contribution in [0.2, 0.25) is 0 Å². The van der Waals surface area contributed by atoms with E-state index in [1.165, 1.54) is 18.5 Å². The maximum Gasteiger partial charge on any atom is 0.0997 e. The first kappa shape index (κ1) is 9.37. The molecule has 2 aliphatic rings. The number of epoxide rings is 1. The van der Waals surface area contributed by atoms with Crippen LogP contribution < -0.4 is 0 Å². The van der Waals surface area contributed by atoms with Crippen LogP contribution in [-0.2, 0) is 11.3 Å². The molecule has 2 unspecified atom stereocenters. The van der Waals surface area contributed by atoms with E-state index >= 15 is 0 Å².